The molecule has 1 aliphatic carbocycles. The van der Waals surface area contributed by atoms with Crippen LogP contribution in [0, 0.1) is 19.7 Å². The van der Waals surface area contributed by atoms with Gasteiger partial charge in [-0.25, -0.2) is 12.8 Å². The maximum atomic E-state index is 14.0. The molecular formula is C35H44FN3O4S. The van der Waals surface area contributed by atoms with E-state index in [0.717, 1.165) is 48.8 Å². The lowest BCUT2D eigenvalue weighted by Gasteiger charge is -2.34. The SMILES string of the molecule is Cc1ccc(C)c(N(CCCC(=O)N(Cc2ccc(F)cc2)[C@H](Cc2ccccc2)C(=O)NC2CCCCC2)S(C)(=O)=O)c1. The van der Waals surface area contributed by atoms with Crippen LogP contribution in [0.3, 0.4) is 0 Å². The second kappa shape index (κ2) is 15.3. The fraction of sp³-hybridized carbons (Fsp3) is 0.429. The fourth-order valence-electron chi connectivity index (χ4n) is 5.86. The van der Waals surface area contributed by atoms with Gasteiger partial charge in [-0.1, -0.05) is 73.9 Å². The molecule has 0 aromatic heterocycles. The maximum absolute atomic E-state index is 14.0. The van der Waals surface area contributed by atoms with Gasteiger partial charge >= 0.3 is 0 Å². The third-order valence-electron chi connectivity index (χ3n) is 8.27. The number of hydrogen-bond acceptors (Lipinski definition) is 4. The molecule has 2 amide bonds. The molecule has 0 radical (unpaired) electrons. The zero-order chi connectivity index (χ0) is 31.7. The number of nitrogens with one attached hydrogen (secondary N) is 1. The van der Waals surface area contributed by atoms with Crippen LogP contribution in [0.4, 0.5) is 10.1 Å². The van der Waals surface area contributed by atoms with Gasteiger partial charge < -0.3 is 10.2 Å². The Kier molecular flexibility index (Phi) is 11.6. The third kappa shape index (κ3) is 9.39. The van der Waals surface area contributed by atoms with E-state index < -0.39 is 16.1 Å². The molecule has 0 unspecified atom stereocenters. The minimum atomic E-state index is -3.61. The summed E-state index contributed by atoms with van der Waals surface area (Å²) in [6.07, 6.45) is 6.90. The van der Waals surface area contributed by atoms with Gasteiger partial charge in [0.15, 0.2) is 0 Å². The molecule has 0 aliphatic heterocycles. The number of benzene rings is 3. The normalized spacial score (nSPS) is 14.5. The number of nitrogens with zero attached hydrogens (tertiary/aromatic N) is 2. The molecule has 3 aromatic carbocycles. The highest BCUT2D eigenvalue weighted by Crippen LogP contribution is 2.25. The standard InChI is InChI=1S/C35H44FN3O4S/c1-26-16-17-27(2)32(23-26)39(44(3,42)43)22-10-15-34(40)38(25-29-18-20-30(36)21-19-29)33(24-28-11-6-4-7-12-28)35(41)37-31-13-8-5-9-14-31/h4,6-7,11-12,16-21,23,31,33H,5,8-10,13-15,22,24-25H2,1-3H3,(H,37,41)/t33-/m1/s1. The predicted molar refractivity (Wildman–Crippen MR) is 173 cm³/mol. The van der Waals surface area contributed by atoms with E-state index in [9.17, 15) is 22.4 Å². The van der Waals surface area contributed by atoms with E-state index in [1.54, 1.807) is 17.0 Å². The van der Waals surface area contributed by atoms with Crippen LogP contribution in [0.5, 0.6) is 0 Å². The van der Waals surface area contributed by atoms with E-state index in [-0.39, 0.29) is 49.6 Å². The molecule has 1 fully saturated rings. The molecule has 0 saturated heterocycles. The average Bonchev–Trinajstić information content (AvgIpc) is 2.99. The van der Waals surface area contributed by atoms with Crippen LogP contribution in [-0.2, 0) is 32.6 Å². The first-order valence-electron chi connectivity index (χ1n) is 15.4. The zero-order valence-corrected chi connectivity index (χ0v) is 26.8. The predicted octanol–water partition coefficient (Wildman–Crippen LogP) is 6.08. The van der Waals surface area contributed by atoms with E-state index in [1.165, 1.54) is 22.7 Å². The Hall–Kier alpha value is -3.72. The van der Waals surface area contributed by atoms with Crippen LogP contribution >= 0.6 is 0 Å². The first-order chi connectivity index (χ1) is 21.0. The van der Waals surface area contributed by atoms with Crippen LogP contribution in [0.2, 0.25) is 0 Å². The van der Waals surface area contributed by atoms with Crippen molar-refractivity contribution in [2.45, 2.75) is 83.8 Å². The summed E-state index contributed by atoms with van der Waals surface area (Å²) >= 11 is 0. The number of carbonyl (C=O) groups excluding carboxylic acids is 2. The van der Waals surface area contributed by atoms with Crippen molar-refractivity contribution in [1.82, 2.24) is 10.2 Å². The summed E-state index contributed by atoms with van der Waals surface area (Å²) in [5, 5.41) is 3.22. The van der Waals surface area contributed by atoms with Crippen LogP contribution in [0.25, 0.3) is 0 Å². The monoisotopic (exact) mass is 621 g/mol. The first-order valence-corrected chi connectivity index (χ1v) is 17.3. The van der Waals surface area contributed by atoms with Crippen molar-refractivity contribution in [3.63, 3.8) is 0 Å². The highest BCUT2D eigenvalue weighted by Gasteiger charge is 2.32. The molecule has 236 valence electrons. The molecule has 0 bridgehead atoms. The molecule has 0 heterocycles. The van der Waals surface area contributed by atoms with Crippen LogP contribution in [-0.4, -0.2) is 50.0 Å². The summed E-state index contributed by atoms with van der Waals surface area (Å²) in [6, 6.07) is 20.5. The molecule has 7 nitrogen and oxygen atoms in total. The Morgan fingerprint density at radius 1 is 0.932 bits per heavy atom. The van der Waals surface area contributed by atoms with Gasteiger partial charge in [0.05, 0.1) is 11.9 Å². The zero-order valence-electron chi connectivity index (χ0n) is 26.0. The van der Waals surface area contributed by atoms with Gasteiger partial charge in [0.1, 0.15) is 11.9 Å². The quantitative estimate of drug-likeness (QED) is 0.251. The molecule has 1 aliphatic rings. The number of sulfonamides is 1. The summed E-state index contributed by atoms with van der Waals surface area (Å²) in [6.45, 7) is 4.02. The molecule has 44 heavy (non-hydrogen) atoms. The molecule has 0 spiro atoms. The Bertz CT molecular complexity index is 1510. The van der Waals surface area contributed by atoms with Gasteiger partial charge in [0.25, 0.3) is 0 Å². The fourth-order valence-corrected chi connectivity index (χ4v) is 6.87. The lowest BCUT2D eigenvalue weighted by Crippen LogP contribution is -2.52. The molecule has 3 aromatic rings. The highest BCUT2D eigenvalue weighted by atomic mass is 32.2. The second-order valence-corrected chi connectivity index (χ2v) is 13.8. The second-order valence-electron chi connectivity index (χ2n) is 11.9. The van der Waals surface area contributed by atoms with E-state index in [0.29, 0.717) is 17.7 Å². The molecule has 9 heteroatoms. The minimum Gasteiger partial charge on any atom is -0.352 e. The van der Waals surface area contributed by atoms with Gasteiger partial charge in [-0.2, -0.15) is 0 Å². The van der Waals surface area contributed by atoms with Crippen LogP contribution < -0.4 is 9.62 Å². The smallest absolute Gasteiger partial charge is 0.243 e. The van der Waals surface area contributed by atoms with Crippen molar-refractivity contribution in [3.8, 4) is 0 Å². The summed E-state index contributed by atoms with van der Waals surface area (Å²) in [4.78, 5) is 29.5. The van der Waals surface area contributed by atoms with Crippen molar-refractivity contribution in [2.75, 3.05) is 17.1 Å². The van der Waals surface area contributed by atoms with Gasteiger partial charge in [-0.15, -0.1) is 0 Å². The van der Waals surface area contributed by atoms with Gasteiger partial charge in [0, 0.05) is 32.0 Å². The third-order valence-corrected chi connectivity index (χ3v) is 9.45. The van der Waals surface area contributed by atoms with Gasteiger partial charge in [-0.05, 0) is 73.6 Å². The van der Waals surface area contributed by atoms with Crippen molar-refractivity contribution in [3.05, 3.63) is 101 Å². The first kappa shape index (κ1) is 33.2. The van der Waals surface area contributed by atoms with E-state index in [2.05, 4.69) is 5.32 Å². The topological polar surface area (TPSA) is 86.8 Å². The number of carbonyl (C=O) groups is 2. The maximum Gasteiger partial charge on any atom is 0.243 e. The van der Waals surface area contributed by atoms with Gasteiger partial charge in [-0.3, -0.25) is 13.9 Å². The average molecular weight is 622 g/mol. The Morgan fingerprint density at radius 3 is 2.27 bits per heavy atom. The van der Waals surface area contributed by atoms with E-state index in [1.807, 2.05) is 62.4 Å². The number of rotatable bonds is 13. The Labute approximate surface area is 261 Å². The van der Waals surface area contributed by atoms with Crippen LogP contribution in [0.1, 0.15) is 67.2 Å². The largest absolute Gasteiger partial charge is 0.352 e. The lowest BCUT2D eigenvalue weighted by atomic mass is 9.94. The molecule has 1 saturated carbocycles. The van der Waals surface area contributed by atoms with Gasteiger partial charge in [0.2, 0.25) is 21.8 Å². The number of halogens is 1. The van der Waals surface area contributed by atoms with E-state index in [4.69, 9.17) is 0 Å². The minimum absolute atomic E-state index is 0.0417. The van der Waals surface area contributed by atoms with E-state index >= 15 is 0 Å². The number of amides is 2. The summed E-state index contributed by atoms with van der Waals surface area (Å²) in [5.41, 5.74) is 3.99. The van der Waals surface area contributed by atoms with Crippen LogP contribution in [0.15, 0.2) is 72.8 Å². The van der Waals surface area contributed by atoms with Crippen molar-refractivity contribution >= 4 is 27.5 Å². The molecular weight excluding hydrogens is 577 g/mol. The highest BCUT2D eigenvalue weighted by molar-refractivity contribution is 7.92. The van der Waals surface area contributed by atoms with Crippen molar-refractivity contribution < 1.29 is 22.4 Å². The molecule has 4 rings (SSSR count). The summed E-state index contributed by atoms with van der Waals surface area (Å²) < 4.78 is 40.7. The molecule has 1 N–H and O–H groups in total. The number of hydrogen-bond donors (Lipinski definition) is 1. The number of aryl methyl sites for hydroxylation is 2. The summed E-state index contributed by atoms with van der Waals surface area (Å²) in [5.74, 6) is -0.845. The summed E-state index contributed by atoms with van der Waals surface area (Å²) in [7, 11) is -3.61. The Balaban J connectivity index is 1.60. The number of anilines is 1. The molecule has 1 atom stereocenters. The van der Waals surface area contributed by atoms with Crippen molar-refractivity contribution in [2.24, 2.45) is 0 Å². The lowest BCUT2D eigenvalue weighted by molar-refractivity contribution is -0.141. The van der Waals surface area contributed by atoms with Crippen molar-refractivity contribution in [1.29, 1.82) is 0 Å². The Morgan fingerprint density at radius 2 is 1.61 bits per heavy atom.